The SMILES string of the molecule is Cc1cncc(CNC(C)C(C)CO)c1. The number of hydrogen-bond acceptors (Lipinski definition) is 3. The Morgan fingerprint density at radius 3 is 2.73 bits per heavy atom. The fourth-order valence-corrected chi connectivity index (χ4v) is 1.35. The van der Waals surface area contributed by atoms with Crippen molar-refractivity contribution in [3.8, 4) is 0 Å². The number of aryl methyl sites for hydroxylation is 1. The highest BCUT2D eigenvalue weighted by molar-refractivity contribution is 5.16. The van der Waals surface area contributed by atoms with Crippen LogP contribution in [0.4, 0.5) is 0 Å². The van der Waals surface area contributed by atoms with Gasteiger partial charge in [-0.05, 0) is 30.9 Å². The van der Waals surface area contributed by atoms with Gasteiger partial charge in [-0.2, -0.15) is 0 Å². The summed E-state index contributed by atoms with van der Waals surface area (Å²) in [7, 11) is 0. The van der Waals surface area contributed by atoms with Gasteiger partial charge in [-0.1, -0.05) is 13.0 Å². The van der Waals surface area contributed by atoms with Gasteiger partial charge in [0.1, 0.15) is 0 Å². The van der Waals surface area contributed by atoms with Crippen molar-refractivity contribution in [2.24, 2.45) is 5.92 Å². The highest BCUT2D eigenvalue weighted by Crippen LogP contribution is 2.04. The Hall–Kier alpha value is -0.930. The molecular weight excluding hydrogens is 188 g/mol. The zero-order valence-electron chi connectivity index (χ0n) is 9.70. The monoisotopic (exact) mass is 208 g/mol. The van der Waals surface area contributed by atoms with Gasteiger partial charge in [0.15, 0.2) is 0 Å². The van der Waals surface area contributed by atoms with E-state index in [1.54, 1.807) is 0 Å². The molecule has 3 heteroatoms. The van der Waals surface area contributed by atoms with E-state index in [4.69, 9.17) is 5.11 Å². The molecule has 1 aromatic heterocycles. The van der Waals surface area contributed by atoms with Crippen LogP contribution in [0.15, 0.2) is 18.5 Å². The standard InChI is InChI=1S/C12H20N2O/c1-9-4-12(6-13-5-9)7-14-11(3)10(2)8-15/h4-6,10-11,14-15H,7-8H2,1-3H3. The second-order valence-corrected chi connectivity index (χ2v) is 4.20. The highest BCUT2D eigenvalue weighted by atomic mass is 16.3. The molecule has 0 aliphatic rings. The third-order valence-electron chi connectivity index (χ3n) is 2.70. The van der Waals surface area contributed by atoms with Crippen molar-refractivity contribution < 1.29 is 5.11 Å². The van der Waals surface area contributed by atoms with E-state index in [1.807, 2.05) is 26.2 Å². The lowest BCUT2D eigenvalue weighted by atomic mass is 10.0. The fraction of sp³-hybridized carbons (Fsp3) is 0.583. The summed E-state index contributed by atoms with van der Waals surface area (Å²) in [6.45, 7) is 7.19. The first kappa shape index (κ1) is 12.1. The molecule has 0 spiro atoms. The van der Waals surface area contributed by atoms with Crippen molar-refractivity contribution in [2.75, 3.05) is 6.61 Å². The van der Waals surface area contributed by atoms with Crippen LogP contribution >= 0.6 is 0 Å². The molecule has 3 nitrogen and oxygen atoms in total. The van der Waals surface area contributed by atoms with E-state index in [2.05, 4.69) is 23.3 Å². The lowest BCUT2D eigenvalue weighted by Crippen LogP contribution is -2.33. The number of nitrogens with one attached hydrogen (secondary N) is 1. The predicted octanol–water partition coefficient (Wildman–Crippen LogP) is 1.50. The zero-order valence-corrected chi connectivity index (χ0v) is 9.70. The van der Waals surface area contributed by atoms with Gasteiger partial charge in [-0.25, -0.2) is 0 Å². The molecular formula is C12H20N2O. The number of aromatic nitrogens is 1. The van der Waals surface area contributed by atoms with E-state index in [9.17, 15) is 0 Å². The van der Waals surface area contributed by atoms with Gasteiger partial charge in [0.25, 0.3) is 0 Å². The summed E-state index contributed by atoms with van der Waals surface area (Å²) >= 11 is 0. The van der Waals surface area contributed by atoms with Crippen LogP contribution in [0.3, 0.4) is 0 Å². The largest absolute Gasteiger partial charge is 0.396 e. The number of pyridine rings is 1. The van der Waals surface area contributed by atoms with Crippen molar-refractivity contribution in [1.82, 2.24) is 10.3 Å². The van der Waals surface area contributed by atoms with Crippen molar-refractivity contribution in [2.45, 2.75) is 33.4 Å². The Bertz CT molecular complexity index is 301. The normalized spacial score (nSPS) is 14.9. The van der Waals surface area contributed by atoms with E-state index in [-0.39, 0.29) is 12.5 Å². The van der Waals surface area contributed by atoms with Gasteiger partial charge < -0.3 is 10.4 Å². The smallest absolute Gasteiger partial charge is 0.0471 e. The summed E-state index contributed by atoms with van der Waals surface area (Å²) in [5, 5.41) is 12.4. The van der Waals surface area contributed by atoms with E-state index in [1.165, 1.54) is 11.1 Å². The molecule has 2 N–H and O–H groups in total. The van der Waals surface area contributed by atoms with Crippen molar-refractivity contribution in [3.63, 3.8) is 0 Å². The Labute approximate surface area is 91.5 Å². The van der Waals surface area contributed by atoms with Gasteiger partial charge in [0.2, 0.25) is 0 Å². The average molecular weight is 208 g/mol. The summed E-state index contributed by atoms with van der Waals surface area (Å²) in [5.41, 5.74) is 2.36. The summed E-state index contributed by atoms with van der Waals surface area (Å²) in [4.78, 5) is 4.14. The van der Waals surface area contributed by atoms with Crippen molar-refractivity contribution in [1.29, 1.82) is 0 Å². The number of nitrogens with zero attached hydrogens (tertiary/aromatic N) is 1. The third kappa shape index (κ3) is 3.98. The molecule has 1 rings (SSSR count). The second kappa shape index (κ2) is 5.83. The third-order valence-corrected chi connectivity index (χ3v) is 2.70. The van der Waals surface area contributed by atoms with Crippen LogP contribution < -0.4 is 5.32 Å². The zero-order chi connectivity index (χ0) is 11.3. The molecule has 1 heterocycles. The van der Waals surface area contributed by atoms with E-state index in [0.717, 1.165) is 6.54 Å². The minimum atomic E-state index is 0.222. The molecule has 2 atom stereocenters. The molecule has 2 unspecified atom stereocenters. The maximum absolute atomic E-state index is 8.99. The van der Waals surface area contributed by atoms with Crippen molar-refractivity contribution in [3.05, 3.63) is 29.6 Å². The maximum atomic E-state index is 8.99. The average Bonchev–Trinajstić information content (AvgIpc) is 2.25. The van der Waals surface area contributed by atoms with E-state index < -0.39 is 0 Å². The minimum absolute atomic E-state index is 0.222. The molecule has 1 aromatic rings. The summed E-state index contributed by atoms with van der Waals surface area (Å²) < 4.78 is 0. The Morgan fingerprint density at radius 2 is 2.13 bits per heavy atom. The molecule has 0 saturated carbocycles. The Morgan fingerprint density at radius 1 is 1.40 bits per heavy atom. The topological polar surface area (TPSA) is 45.2 Å². The van der Waals surface area contributed by atoms with Gasteiger partial charge in [-0.3, -0.25) is 4.98 Å². The van der Waals surface area contributed by atoms with Gasteiger partial charge in [0, 0.05) is 31.6 Å². The molecule has 0 saturated heterocycles. The van der Waals surface area contributed by atoms with Gasteiger partial charge >= 0.3 is 0 Å². The number of rotatable bonds is 5. The molecule has 0 aliphatic carbocycles. The molecule has 15 heavy (non-hydrogen) atoms. The first-order valence-corrected chi connectivity index (χ1v) is 5.38. The lowest BCUT2D eigenvalue weighted by Gasteiger charge is -2.19. The second-order valence-electron chi connectivity index (χ2n) is 4.20. The van der Waals surface area contributed by atoms with E-state index in [0.29, 0.717) is 6.04 Å². The minimum Gasteiger partial charge on any atom is -0.396 e. The fourth-order valence-electron chi connectivity index (χ4n) is 1.35. The van der Waals surface area contributed by atoms with Gasteiger partial charge in [-0.15, -0.1) is 0 Å². The number of hydrogen-bond donors (Lipinski definition) is 2. The Kier molecular flexibility index (Phi) is 4.72. The highest BCUT2D eigenvalue weighted by Gasteiger charge is 2.09. The molecule has 0 radical (unpaired) electrons. The van der Waals surface area contributed by atoms with Crippen LogP contribution in [0.5, 0.6) is 0 Å². The van der Waals surface area contributed by atoms with Gasteiger partial charge in [0.05, 0.1) is 0 Å². The molecule has 0 aromatic carbocycles. The quantitative estimate of drug-likeness (QED) is 0.770. The van der Waals surface area contributed by atoms with Crippen LogP contribution in [-0.2, 0) is 6.54 Å². The van der Waals surface area contributed by atoms with Crippen LogP contribution in [0, 0.1) is 12.8 Å². The molecule has 0 bridgehead atoms. The molecule has 0 amide bonds. The Balaban J connectivity index is 2.43. The van der Waals surface area contributed by atoms with Crippen LogP contribution in [0.2, 0.25) is 0 Å². The predicted molar refractivity (Wildman–Crippen MR) is 61.5 cm³/mol. The first-order chi connectivity index (χ1) is 7.13. The molecule has 0 aliphatic heterocycles. The van der Waals surface area contributed by atoms with Crippen LogP contribution in [-0.4, -0.2) is 22.7 Å². The number of aliphatic hydroxyl groups excluding tert-OH is 1. The maximum Gasteiger partial charge on any atom is 0.0471 e. The van der Waals surface area contributed by atoms with Crippen molar-refractivity contribution >= 4 is 0 Å². The number of aliphatic hydroxyl groups is 1. The van der Waals surface area contributed by atoms with Crippen LogP contribution in [0.25, 0.3) is 0 Å². The summed E-state index contributed by atoms with van der Waals surface area (Å²) in [6.07, 6.45) is 3.72. The molecule has 0 fully saturated rings. The molecule has 84 valence electrons. The summed E-state index contributed by atoms with van der Waals surface area (Å²) in [6, 6.07) is 2.44. The van der Waals surface area contributed by atoms with E-state index >= 15 is 0 Å². The first-order valence-electron chi connectivity index (χ1n) is 5.38. The lowest BCUT2D eigenvalue weighted by molar-refractivity contribution is 0.207. The van der Waals surface area contributed by atoms with Crippen LogP contribution in [0.1, 0.15) is 25.0 Å². The summed E-state index contributed by atoms with van der Waals surface area (Å²) in [5.74, 6) is 0.280.